The third-order valence-corrected chi connectivity index (χ3v) is 4.58. The fourth-order valence-corrected chi connectivity index (χ4v) is 3.12. The highest BCUT2D eigenvalue weighted by Crippen LogP contribution is 2.24. The minimum absolute atomic E-state index is 0.00396. The number of sulfonamides is 1. The molecule has 0 fully saturated rings. The number of rotatable bonds is 2. The van der Waals surface area contributed by atoms with Gasteiger partial charge in [-0.1, -0.05) is 29.8 Å². The predicted octanol–water partition coefficient (Wildman–Crippen LogP) is 2.23. The van der Waals surface area contributed by atoms with Crippen molar-refractivity contribution in [2.24, 2.45) is 4.40 Å². The Morgan fingerprint density at radius 3 is 2.45 bits per heavy atom. The number of nitrogens with one attached hydrogen (secondary N) is 1. The van der Waals surface area contributed by atoms with E-state index in [9.17, 15) is 8.42 Å². The quantitative estimate of drug-likeness (QED) is 0.680. The zero-order chi connectivity index (χ0) is 15.7. The second-order valence-corrected chi connectivity index (χ2v) is 6.45. The Hall–Kier alpha value is -2.76. The van der Waals surface area contributed by atoms with Crippen LogP contribution in [0.2, 0.25) is 0 Å². The van der Waals surface area contributed by atoms with Crippen LogP contribution in [0.5, 0.6) is 0 Å². The van der Waals surface area contributed by atoms with Gasteiger partial charge >= 0.3 is 5.71 Å². The number of benzene rings is 2. The molecule has 0 saturated heterocycles. The first-order valence-corrected chi connectivity index (χ1v) is 7.96. The van der Waals surface area contributed by atoms with Gasteiger partial charge in [0.25, 0.3) is 10.0 Å². The van der Waals surface area contributed by atoms with Gasteiger partial charge in [0.15, 0.2) is 0 Å². The third-order valence-electron chi connectivity index (χ3n) is 3.29. The van der Waals surface area contributed by atoms with Crippen LogP contribution in [0.15, 0.2) is 57.8 Å². The molecule has 0 aromatic heterocycles. The summed E-state index contributed by atoms with van der Waals surface area (Å²) in [5.74, 6) is 0.00396. The summed E-state index contributed by atoms with van der Waals surface area (Å²) in [7, 11) is -3.89. The van der Waals surface area contributed by atoms with E-state index in [0.29, 0.717) is 11.3 Å². The third kappa shape index (κ3) is 2.43. The maximum atomic E-state index is 12.3. The number of fused-ring (bicyclic) bond motifs is 1. The van der Waals surface area contributed by atoms with Crippen molar-refractivity contribution in [3.63, 3.8) is 0 Å². The lowest BCUT2D eigenvalue weighted by atomic mass is 10.1. The van der Waals surface area contributed by atoms with Gasteiger partial charge in [-0.2, -0.15) is 13.2 Å². The van der Waals surface area contributed by atoms with Crippen LogP contribution in [0.1, 0.15) is 11.1 Å². The van der Waals surface area contributed by atoms with Crippen LogP contribution in [0.3, 0.4) is 0 Å². The standard InChI is InChI=1S/C15H12N4O2S/c1-10-6-8-11(9-7-10)22(20,21)19-15-14(18-16)12-4-2-3-5-13(12)17-15/h2-9H,1H3,(H,17,19). The Bertz CT molecular complexity index is 924. The van der Waals surface area contributed by atoms with Crippen molar-refractivity contribution in [2.45, 2.75) is 11.8 Å². The summed E-state index contributed by atoms with van der Waals surface area (Å²) in [5, 5.41) is 2.85. The van der Waals surface area contributed by atoms with Gasteiger partial charge in [-0.25, -0.2) is 0 Å². The highest BCUT2D eigenvalue weighted by Gasteiger charge is 2.33. The first kappa shape index (κ1) is 14.2. The van der Waals surface area contributed by atoms with Crippen LogP contribution in [0.4, 0.5) is 5.69 Å². The van der Waals surface area contributed by atoms with Crippen LogP contribution in [0, 0.1) is 6.92 Å². The molecule has 1 heterocycles. The molecule has 0 aliphatic carbocycles. The minimum Gasteiger partial charge on any atom is -0.361 e. The van der Waals surface area contributed by atoms with Crippen LogP contribution in [-0.2, 0) is 10.0 Å². The zero-order valence-corrected chi connectivity index (χ0v) is 12.5. The molecule has 0 unspecified atom stereocenters. The maximum absolute atomic E-state index is 12.3. The highest BCUT2D eigenvalue weighted by atomic mass is 32.2. The number of anilines is 1. The van der Waals surface area contributed by atoms with E-state index < -0.39 is 10.0 Å². The summed E-state index contributed by atoms with van der Waals surface area (Å²) in [6, 6.07) is 13.4. The van der Waals surface area contributed by atoms with Gasteiger partial charge in [-0.3, -0.25) is 0 Å². The number of nitrogens with zero attached hydrogens (tertiary/aromatic N) is 3. The van der Waals surface area contributed by atoms with Crippen molar-refractivity contribution < 1.29 is 13.2 Å². The summed E-state index contributed by atoms with van der Waals surface area (Å²) in [6.45, 7) is 1.87. The van der Waals surface area contributed by atoms with Gasteiger partial charge in [0, 0.05) is 0 Å². The molecule has 0 radical (unpaired) electrons. The average Bonchev–Trinajstić information content (AvgIpc) is 2.83. The molecule has 6 nitrogen and oxygen atoms in total. The number of hydrogen-bond acceptors (Lipinski definition) is 2. The van der Waals surface area contributed by atoms with E-state index in [1.807, 2.05) is 6.92 Å². The summed E-state index contributed by atoms with van der Waals surface area (Å²) >= 11 is 0. The first-order chi connectivity index (χ1) is 10.5. The van der Waals surface area contributed by atoms with E-state index >= 15 is 0 Å². The first-order valence-electron chi connectivity index (χ1n) is 6.52. The molecule has 0 atom stereocenters. The van der Waals surface area contributed by atoms with Gasteiger partial charge in [0.05, 0.1) is 16.1 Å². The Labute approximate surface area is 127 Å². The molecule has 22 heavy (non-hydrogen) atoms. The van der Waals surface area contributed by atoms with E-state index in [2.05, 4.69) is 14.5 Å². The molecule has 1 aliphatic rings. The Morgan fingerprint density at radius 2 is 1.77 bits per heavy atom. The second-order valence-electron chi connectivity index (χ2n) is 4.85. The van der Waals surface area contributed by atoms with Crippen molar-refractivity contribution in [1.82, 2.24) is 0 Å². The van der Waals surface area contributed by atoms with E-state index in [1.165, 1.54) is 12.1 Å². The molecule has 1 N–H and O–H groups in total. The zero-order valence-electron chi connectivity index (χ0n) is 11.7. The Kier molecular flexibility index (Phi) is 3.36. The molecule has 7 heteroatoms. The molecular weight excluding hydrogens is 300 g/mol. The fourth-order valence-electron chi connectivity index (χ4n) is 2.16. The maximum Gasteiger partial charge on any atom is 0.367 e. The smallest absolute Gasteiger partial charge is 0.361 e. The topological polar surface area (TPSA) is 94.9 Å². The van der Waals surface area contributed by atoms with Gasteiger partial charge in [0.1, 0.15) is 0 Å². The van der Waals surface area contributed by atoms with Crippen molar-refractivity contribution in [3.8, 4) is 0 Å². The molecular formula is C15H12N4O2S. The molecule has 0 saturated carbocycles. The lowest BCUT2D eigenvalue weighted by Gasteiger charge is -2.00. The molecule has 3 rings (SSSR count). The van der Waals surface area contributed by atoms with Crippen molar-refractivity contribution in [3.05, 3.63) is 65.2 Å². The summed E-state index contributed by atoms with van der Waals surface area (Å²) in [5.41, 5.74) is 11.5. The minimum atomic E-state index is -3.89. The summed E-state index contributed by atoms with van der Waals surface area (Å²) < 4.78 is 28.5. The number of amidine groups is 1. The average molecular weight is 312 g/mol. The molecule has 110 valence electrons. The van der Waals surface area contributed by atoms with Gasteiger partial charge in [-0.15, -0.1) is 4.40 Å². The number of aryl methyl sites for hydroxylation is 1. The second kappa shape index (κ2) is 5.22. The monoisotopic (exact) mass is 312 g/mol. The van der Waals surface area contributed by atoms with Gasteiger partial charge in [-0.05, 0) is 31.2 Å². The Morgan fingerprint density at radius 1 is 1.09 bits per heavy atom. The van der Waals surface area contributed by atoms with E-state index in [4.69, 9.17) is 5.53 Å². The van der Waals surface area contributed by atoms with Gasteiger partial charge < -0.3 is 10.8 Å². The van der Waals surface area contributed by atoms with Crippen LogP contribution in [-0.4, -0.2) is 24.8 Å². The lowest BCUT2D eigenvalue weighted by molar-refractivity contribution is -0.000154. The molecule has 2 aromatic rings. The van der Waals surface area contributed by atoms with Crippen molar-refractivity contribution in [1.29, 1.82) is 0 Å². The fraction of sp³-hybridized carbons (Fsp3) is 0.0667. The van der Waals surface area contributed by atoms with Gasteiger partial charge in [0.2, 0.25) is 5.84 Å². The highest BCUT2D eigenvalue weighted by molar-refractivity contribution is 7.90. The number of hydrogen-bond donors (Lipinski definition) is 1. The molecule has 0 bridgehead atoms. The van der Waals surface area contributed by atoms with E-state index in [1.54, 1.807) is 36.4 Å². The molecule has 2 aromatic carbocycles. The van der Waals surface area contributed by atoms with Crippen molar-refractivity contribution in [2.75, 3.05) is 5.32 Å². The van der Waals surface area contributed by atoms with Crippen LogP contribution >= 0.6 is 0 Å². The predicted molar refractivity (Wildman–Crippen MR) is 83.6 cm³/mol. The normalized spacial score (nSPS) is 15.3. The Balaban J connectivity index is 2.06. The van der Waals surface area contributed by atoms with Crippen molar-refractivity contribution >= 4 is 27.3 Å². The molecule has 0 spiro atoms. The van der Waals surface area contributed by atoms with Crippen LogP contribution < -0.4 is 5.32 Å². The largest absolute Gasteiger partial charge is 0.367 e. The SMILES string of the molecule is Cc1ccc(S(=O)(=O)/N=C2\Nc3ccccc3C2=[N+]=[N-])cc1. The molecule has 1 aliphatic heterocycles. The van der Waals surface area contributed by atoms with Crippen LogP contribution in [0.25, 0.3) is 5.53 Å². The summed E-state index contributed by atoms with van der Waals surface area (Å²) in [6.07, 6.45) is 0. The van der Waals surface area contributed by atoms with E-state index in [0.717, 1.165) is 5.56 Å². The number of para-hydroxylation sites is 1. The molecule has 0 amide bonds. The summed E-state index contributed by atoms with van der Waals surface area (Å²) in [4.78, 5) is 3.25. The lowest BCUT2D eigenvalue weighted by Crippen LogP contribution is -2.18. The van der Waals surface area contributed by atoms with E-state index in [-0.39, 0.29) is 16.4 Å².